The number of carbonyl (C=O) groups is 4. The number of piperidine rings is 1. The fraction of sp³-hybridized carbons (Fsp3) is 0.410. The molecule has 256 valence electrons. The number of rotatable bonds is 6. The molecule has 3 aromatic carbocycles. The lowest BCUT2D eigenvalue weighted by molar-refractivity contribution is -0.125. The molecular weight excluding hydrogens is 616 g/mol. The molecule has 4 atom stereocenters. The molecule has 4 unspecified atom stereocenters. The molecule has 49 heavy (non-hydrogen) atoms. The largest absolute Gasteiger partial charge is 0.340 e. The minimum Gasteiger partial charge on any atom is -0.340 e. The summed E-state index contributed by atoms with van der Waals surface area (Å²) in [5.41, 5.74) is 4.52. The molecule has 0 aromatic heterocycles. The van der Waals surface area contributed by atoms with E-state index in [4.69, 9.17) is 4.99 Å². The maximum absolute atomic E-state index is 13.6. The van der Waals surface area contributed by atoms with E-state index in [1.54, 1.807) is 18.2 Å². The van der Waals surface area contributed by atoms with Gasteiger partial charge < -0.3 is 20.9 Å². The van der Waals surface area contributed by atoms with Crippen LogP contribution in [0.1, 0.15) is 86.5 Å². The van der Waals surface area contributed by atoms with E-state index in [0.717, 1.165) is 48.8 Å². The average molecular weight is 663 g/mol. The van der Waals surface area contributed by atoms with E-state index in [0.29, 0.717) is 28.7 Å². The lowest BCUT2D eigenvalue weighted by Gasteiger charge is -2.39. The molecule has 2 fully saturated rings. The van der Waals surface area contributed by atoms with E-state index in [1.165, 1.54) is 6.92 Å². The molecule has 3 aromatic rings. The Morgan fingerprint density at radius 1 is 0.878 bits per heavy atom. The van der Waals surface area contributed by atoms with Gasteiger partial charge in [0.15, 0.2) is 0 Å². The van der Waals surface area contributed by atoms with Gasteiger partial charge in [-0.25, -0.2) is 4.79 Å². The first-order chi connectivity index (χ1) is 23.3. The van der Waals surface area contributed by atoms with Gasteiger partial charge in [-0.15, -0.1) is 0 Å². The number of urea groups is 1. The summed E-state index contributed by atoms with van der Waals surface area (Å²) < 4.78 is 0. The molecule has 0 aliphatic carbocycles. The van der Waals surface area contributed by atoms with Crippen molar-refractivity contribution in [1.82, 2.24) is 15.5 Å². The molecule has 3 aliphatic rings. The van der Waals surface area contributed by atoms with Crippen LogP contribution in [-0.2, 0) is 16.0 Å². The van der Waals surface area contributed by atoms with Crippen molar-refractivity contribution in [2.75, 3.05) is 10.6 Å². The van der Waals surface area contributed by atoms with E-state index < -0.39 is 23.5 Å². The Bertz CT molecular complexity index is 1760. The van der Waals surface area contributed by atoms with Gasteiger partial charge in [0, 0.05) is 35.9 Å². The van der Waals surface area contributed by atoms with E-state index >= 15 is 0 Å². The highest BCUT2D eigenvalue weighted by Crippen LogP contribution is 2.41. The molecule has 6 rings (SSSR count). The first-order valence-electron chi connectivity index (χ1n) is 17.2. The highest BCUT2D eigenvalue weighted by molar-refractivity contribution is 6.08. The Morgan fingerprint density at radius 3 is 2.18 bits per heavy atom. The van der Waals surface area contributed by atoms with Crippen molar-refractivity contribution in [2.45, 2.75) is 90.9 Å². The number of aryl methyl sites for hydroxylation is 1. The van der Waals surface area contributed by atoms with Gasteiger partial charge in [-0.05, 0) is 91.8 Å². The summed E-state index contributed by atoms with van der Waals surface area (Å²) in [4.78, 5) is 58.3. The molecule has 0 saturated carbocycles. The van der Waals surface area contributed by atoms with Gasteiger partial charge in [-0.2, -0.15) is 0 Å². The number of hydrogen-bond acceptors (Lipinski definition) is 5. The van der Waals surface area contributed by atoms with Crippen LogP contribution < -0.4 is 21.3 Å². The summed E-state index contributed by atoms with van der Waals surface area (Å²) in [6.07, 6.45) is 4.68. The molecule has 0 radical (unpaired) electrons. The first kappa shape index (κ1) is 33.9. The van der Waals surface area contributed by atoms with Crippen molar-refractivity contribution in [1.29, 1.82) is 0 Å². The van der Waals surface area contributed by atoms with E-state index in [2.05, 4.69) is 32.2 Å². The average Bonchev–Trinajstić information content (AvgIpc) is 3.30. The lowest BCUT2D eigenvalue weighted by atomic mass is 9.85. The topological polar surface area (TPSA) is 132 Å². The number of nitrogens with one attached hydrogen (secondary N) is 4. The second-order valence-corrected chi connectivity index (χ2v) is 14.8. The summed E-state index contributed by atoms with van der Waals surface area (Å²) in [7, 11) is 0. The summed E-state index contributed by atoms with van der Waals surface area (Å²) >= 11 is 0. The van der Waals surface area contributed by atoms with Crippen molar-refractivity contribution in [2.24, 2.45) is 16.3 Å². The normalized spacial score (nSPS) is 23.3. The zero-order valence-electron chi connectivity index (χ0n) is 28.9. The molecule has 3 aliphatic heterocycles. The number of fused-ring (bicyclic) bond motifs is 2. The number of amidine groups is 1. The minimum absolute atomic E-state index is 0.0240. The number of carbonyl (C=O) groups excluding carboxylic acids is 4. The van der Waals surface area contributed by atoms with Crippen molar-refractivity contribution in [3.05, 3.63) is 95.1 Å². The van der Waals surface area contributed by atoms with Gasteiger partial charge in [0.25, 0.3) is 5.91 Å². The number of hydrogen-bond donors (Lipinski definition) is 4. The summed E-state index contributed by atoms with van der Waals surface area (Å²) in [6.45, 7) is 9.32. The molecule has 3 heterocycles. The SMILES string of the molecule is CC(=O)Nc1cccc(C(=O)N2C3CCC2CC(Cc2cccc(NC(=O)NC4=NC(C(C)(C)C)C(=O)NC4c4ccc(C)cc4)c2)C3)c1. The summed E-state index contributed by atoms with van der Waals surface area (Å²) in [6, 6.07) is 21.6. The van der Waals surface area contributed by atoms with Crippen LogP contribution in [0.3, 0.4) is 0 Å². The Labute approximate surface area is 288 Å². The highest BCUT2D eigenvalue weighted by atomic mass is 16.2. The second-order valence-electron chi connectivity index (χ2n) is 14.8. The van der Waals surface area contributed by atoms with Gasteiger partial charge in [-0.3, -0.25) is 24.7 Å². The number of anilines is 2. The monoisotopic (exact) mass is 662 g/mol. The van der Waals surface area contributed by atoms with Gasteiger partial charge >= 0.3 is 6.03 Å². The second kappa shape index (κ2) is 13.9. The van der Waals surface area contributed by atoms with Crippen LogP contribution in [0.5, 0.6) is 0 Å². The smallest absolute Gasteiger partial charge is 0.324 e. The van der Waals surface area contributed by atoms with Crippen LogP contribution in [0.2, 0.25) is 0 Å². The van der Waals surface area contributed by atoms with Gasteiger partial charge in [0.1, 0.15) is 17.9 Å². The summed E-state index contributed by atoms with van der Waals surface area (Å²) in [5.74, 6) is 0.504. The van der Waals surface area contributed by atoms with Crippen LogP contribution in [0.15, 0.2) is 77.8 Å². The van der Waals surface area contributed by atoms with E-state index in [9.17, 15) is 19.2 Å². The zero-order chi connectivity index (χ0) is 34.9. The fourth-order valence-corrected chi connectivity index (χ4v) is 7.51. The molecule has 4 N–H and O–H groups in total. The number of nitrogens with zero attached hydrogens (tertiary/aromatic N) is 2. The Hall–Kier alpha value is -4.99. The third-order valence-electron chi connectivity index (χ3n) is 9.75. The first-order valence-corrected chi connectivity index (χ1v) is 17.2. The third-order valence-corrected chi connectivity index (χ3v) is 9.75. The molecule has 10 nitrogen and oxygen atoms in total. The van der Waals surface area contributed by atoms with Crippen molar-refractivity contribution >= 4 is 41.0 Å². The predicted molar refractivity (Wildman–Crippen MR) is 191 cm³/mol. The van der Waals surface area contributed by atoms with Gasteiger partial charge in [0.05, 0.1) is 0 Å². The molecule has 5 amide bonds. The zero-order valence-corrected chi connectivity index (χ0v) is 28.9. The van der Waals surface area contributed by atoms with Crippen LogP contribution in [0.25, 0.3) is 0 Å². The molecular formula is C39H46N6O4. The summed E-state index contributed by atoms with van der Waals surface area (Å²) in [5, 5.41) is 11.8. The van der Waals surface area contributed by atoms with Crippen LogP contribution >= 0.6 is 0 Å². The van der Waals surface area contributed by atoms with Crippen molar-refractivity contribution in [3.8, 4) is 0 Å². The van der Waals surface area contributed by atoms with E-state index in [1.807, 2.05) is 76.2 Å². The quantitative estimate of drug-likeness (QED) is 0.244. The Balaban J connectivity index is 1.10. The van der Waals surface area contributed by atoms with Gasteiger partial charge in [0.2, 0.25) is 11.8 Å². The standard InChI is InChI=1S/C39H46N6O4/c1-23-12-14-27(15-13-23)33-35(43-34(36(47)42-33)39(3,4)5)44-38(49)41-29-10-6-8-25(19-29)18-26-20-31-16-17-32(21-26)45(31)37(48)28-9-7-11-30(22-28)40-24(2)46/h6-15,19,22,26,31-34H,16-18,20-21H2,1-5H3,(H,40,46)(H,42,47)(H2,41,43,44,49). The maximum Gasteiger partial charge on any atom is 0.324 e. The molecule has 0 spiro atoms. The predicted octanol–water partition coefficient (Wildman–Crippen LogP) is 6.39. The van der Waals surface area contributed by atoms with Crippen LogP contribution in [-0.4, -0.2) is 52.6 Å². The van der Waals surface area contributed by atoms with Gasteiger partial charge in [-0.1, -0.05) is 68.8 Å². The van der Waals surface area contributed by atoms with Crippen LogP contribution in [0, 0.1) is 18.3 Å². The van der Waals surface area contributed by atoms with Crippen molar-refractivity contribution in [3.63, 3.8) is 0 Å². The molecule has 2 bridgehead atoms. The molecule has 10 heteroatoms. The van der Waals surface area contributed by atoms with Crippen molar-refractivity contribution < 1.29 is 19.2 Å². The Morgan fingerprint density at radius 2 is 1.53 bits per heavy atom. The Kier molecular flexibility index (Phi) is 9.59. The minimum atomic E-state index is -0.640. The van der Waals surface area contributed by atoms with E-state index in [-0.39, 0.29) is 29.8 Å². The third kappa shape index (κ3) is 7.85. The number of amides is 5. The number of benzene rings is 3. The maximum atomic E-state index is 13.6. The molecule has 2 saturated heterocycles. The lowest BCUT2D eigenvalue weighted by Crippen LogP contribution is -2.54. The fourth-order valence-electron chi connectivity index (χ4n) is 7.51. The highest BCUT2D eigenvalue weighted by Gasteiger charge is 2.43. The number of aliphatic imine (C=N–C) groups is 1. The van der Waals surface area contributed by atoms with Crippen LogP contribution in [0.4, 0.5) is 16.2 Å².